The van der Waals surface area contributed by atoms with E-state index in [-0.39, 0.29) is 6.04 Å². The third-order valence-electron chi connectivity index (χ3n) is 2.94. The summed E-state index contributed by atoms with van der Waals surface area (Å²) in [5.74, 6) is 0.682. The minimum Gasteiger partial charge on any atom is -0.329 e. The van der Waals surface area contributed by atoms with Crippen LogP contribution in [0.25, 0.3) is 0 Å². The van der Waals surface area contributed by atoms with Crippen LogP contribution in [0.5, 0.6) is 0 Å². The van der Waals surface area contributed by atoms with E-state index in [2.05, 4.69) is 11.8 Å². The van der Waals surface area contributed by atoms with Crippen molar-refractivity contribution in [3.8, 4) is 0 Å². The Kier molecular flexibility index (Phi) is 5.02. The fourth-order valence-corrected chi connectivity index (χ4v) is 3.83. The van der Waals surface area contributed by atoms with Gasteiger partial charge in [-0.05, 0) is 19.4 Å². The maximum absolute atomic E-state index is 11.4. The van der Waals surface area contributed by atoms with Gasteiger partial charge in [0.1, 0.15) is 0 Å². The Bertz CT molecular complexity index is 277. The molecule has 1 saturated heterocycles. The molecule has 0 bridgehead atoms. The summed E-state index contributed by atoms with van der Waals surface area (Å²) in [5, 5.41) is 0. The number of nitrogens with zero attached hydrogens (tertiary/aromatic N) is 1. The molecule has 5 heteroatoms. The molecule has 1 atom stereocenters. The van der Waals surface area contributed by atoms with Crippen molar-refractivity contribution in [2.24, 2.45) is 5.73 Å². The van der Waals surface area contributed by atoms with E-state index < -0.39 is 9.84 Å². The number of rotatable bonds is 6. The third-order valence-corrected chi connectivity index (χ3v) is 4.69. The molecule has 1 rings (SSSR count). The van der Waals surface area contributed by atoms with Crippen molar-refractivity contribution in [1.29, 1.82) is 0 Å². The Morgan fingerprint density at radius 2 is 2.13 bits per heavy atom. The lowest BCUT2D eigenvalue weighted by atomic mass is 10.2. The SMILES string of the molecule is CCCCN(CCN)C1CCS(=O)(=O)C1. The quantitative estimate of drug-likeness (QED) is 0.715. The Balaban J connectivity index is 2.49. The number of unbranched alkanes of at least 4 members (excludes halogenated alkanes) is 1. The minimum atomic E-state index is -2.77. The molecule has 1 aliphatic heterocycles. The molecule has 1 aliphatic rings. The van der Waals surface area contributed by atoms with Gasteiger partial charge in [-0.1, -0.05) is 13.3 Å². The fourth-order valence-electron chi connectivity index (χ4n) is 2.07. The second kappa shape index (κ2) is 5.82. The smallest absolute Gasteiger partial charge is 0.151 e. The standard InChI is InChI=1S/C10H22N2O2S/c1-2-3-6-12(7-5-11)10-4-8-15(13,14)9-10/h10H,2-9,11H2,1H3. The fraction of sp³-hybridized carbons (Fsp3) is 1.00. The molecule has 0 aromatic carbocycles. The van der Waals surface area contributed by atoms with Crippen molar-refractivity contribution in [2.45, 2.75) is 32.2 Å². The topological polar surface area (TPSA) is 63.4 Å². The van der Waals surface area contributed by atoms with E-state index in [4.69, 9.17) is 5.73 Å². The molecule has 0 aromatic rings. The molecule has 0 aliphatic carbocycles. The van der Waals surface area contributed by atoms with Crippen LogP contribution >= 0.6 is 0 Å². The molecule has 0 spiro atoms. The van der Waals surface area contributed by atoms with Gasteiger partial charge in [0.2, 0.25) is 0 Å². The number of hydrogen-bond acceptors (Lipinski definition) is 4. The Hall–Kier alpha value is -0.130. The van der Waals surface area contributed by atoms with Gasteiger partial charge in [0.15, 0.2) is 9.84 Å². The molecule has 0 aromatic heterocycles. The van der Waals surface area contributed by atoms with Crippen LogP contribution in [-0.2, 0) is 9.84 Å². The Labute approximate surface area is 92.7 Å². The highest BCUT2D eigenvalue weighted by Gasteiger charge is 2.31. The van der Waals surface area contributed by atoms with Crippen molar-refractivity contribution < 1.29 is 8.42 Å². The van der Waals surface area contributed by atoms with Crippen molar-refractivity contribution in [3.63, 3.8) is 0 Å². The van der Waals surface area contributed by atoms with Gasteiger partial charge in [0.25, 0.3) is 0 Å². The predicted octanol–water partition coefficient (Wildman–Crippen LogP) is 0.234. The van der Waals surface area contributed by atoms with E-state index in [0.29, 0.717) is 18.1 Å². The van der Waals surface area contributed by atoms with E-state index >= 15 is 0 Å². The van der Waals surface area contributed by atoms with Crippen molar-refractivity contribution in [2.75, 3.05) is 31.1 Å². The molecule has 90 valence electrons. The lowest BCUT2D eigenvalue weighted by Crippen LogP contribution is -2.40. The molecule has 0 saturated carbocycles. The van der Waals surface area contributed by atoms with Crippen molar-refractivity contribution in [1.82, 2.24) is 4.90 Å². The van der Waals surface area contributed by atoms with Crippen LogP contribution < -0.4 is 5.73 Å². The van der Waals surface area contributed by atoms with Crippen LogP contribution in [-0.4, -0.2) is 50.5 Å². The minimum absolute atomic E-state index is 0.213. The van der Waals surface area contributed by atoms with E-state index in [0.717, 1.165) is 32.4 Å². The van der Waals surface area contributed by atoms with Gasteiger partial charge >= 0.3 is 0 Å². The summed E-state index contributed by atoms with van der Waals surface area (Å²) in [7, 11) is -2.77. The van der Waals surface area contributed by atoms with Crippen LogP contribution in [0.4, 0.5) is 0 Å². The van der Waals surface area contributed by atoms with E-state index in [1.165, 1.54) is 0 Å². The highest BCUT2D eigenvalue weighted by Crippen LogP contribution is 2.17. The number of nitrogens with two attached hydrogens (primary N) is 1. The normalized spacial score (nSPS) is 24.9. The van der Waals surface area contributed by atoms with E-state index in [9.17, 15) is 8.42 Å². The van der Waals surface area contributed by atoms with E-state index in [1.54, 1.807) is 0 Å². The molecular formula is C10H22N2O2S. The summed E-state index contributed by atoms with van der Waals surface area (Å²) >= 11 is 0. The van der Waals surface area contributed by atoms with Crippen LogP contribution in [0.15, 0.2) is 0 Å². The Morgan fingerprint density at radius 1 is 1.40 bits per heavy atom. The Morgan fingerprint density at radius 3 is 2.60 bits per heavy atom. The summed E-state index contributed by atoms with van der Waals surface area (Å²) in [6, 6.07) is 0.213. The highest BCUT2D eigenvalue weighted by molar-refractivity contribution is 7.91. The first-order chi connectivity index (χ1) is 7.09. The second-order valence-electron chi connectivity index (χ2n) is 4.24. The van der Waals surface area contributed by atoms with Crippen molar-refractivity contribution in [3.05, 3.63) is 0 Å². The van der Waals surface area contributed by atoms with Crippen LogP contribution in [0.3, 0.4) is 0 Å². The first kappa shape index (κ1) is 12.9. The molecule has 0 amide bonds. The summed E-state index contributed by atoms with van der Waals surface area (Å²) in [5.41, 5.74) is 5.55. The molecule has 2 N–H and O–H groups in total. The van der Waals surface area contributed by atoms with Gasteiger partial charge in [-0.2, -0.15) is 0 Å². The van der Waals surface area contributed by atoms with Gasteiger partial charge in [0.05, 0.1) is 11.5 Å². The highest BCUT2D eigenvalue weighted by atomic mass is 32.2. The van der Waals surface area contributed by atoms with Gasteiger partial charge in [-0.25, -0.2) is 8.42 Å². The van der Waals surface area contributed by atoms with Gasteiger partial charge in [-0.3, -0.25) is 4.90 Å². The predicted molar refractivity (Wildman–Crippen MR) is 62.6 cm³/mol. The number of sulfone groups is 1. The average molecular weight is 234 g/mol. The monoisotopic (exact) mass is 234 g/mol. The molecule has 4 nitrogen and oxygen atoms in total. The molecule has 0 radical (unpaired) electrons. The maximum atomic E-state index is 11.4. The first-order valence-corrected chi connectivity index (χ1v) is 7.55. The largest absolute Gasteiger partial charge is 0.329 e. The summed E-state index contributed by atoms with van der Waals surface area (Å²) in [6.45, 7) is 4.56. The molecule has 1 unspecified atom stereocenters. The lowest BCUT2D eigenvalue weighted by molar-refractivity contribution is 0.215. The summed E-state index contributed by atoms with van der Waals surface area (Å²) in [4.78, 5) is 2.24. The van der Waals surface area contributed by atoms with Crippen LogP contribution in [0, 0.1) is 0 Å². The van der Waals surface area contributed by atoms with Gasteiger partial charge in [0, 0.05) is 19.1 Å². The molecule has 1 fully saturated rings. The summed E-state index contributed by atoms with van der Waals surface area (Å²) in [6.07, 6.45) is 3.04. The molecule has 1 heterocycles. The second-order valence-corrected chi connectivity index (χ2v) is 6.46. The van der Waals surface area contributed by atoms with Crippen LogP contribution in [0.1, 0.15) is 26.2 Å². The zero-order valence-electron chi connectivity index (χ0n) is 9.48. The van der Waals surface area contributed by atoms with Gasteiger partial charge < -0.3 is 5.73 Å². The van der Waals surface area contributed by atoms with Crippen LogP contribution in [0.2, 0.25) is 0 Å². The lowest BCUT2D eigenvalue weighted by Gasteiger charge is -2.27. The summed E-state index contributed by atoms with van der Waals surface area (Å²) < 4.78 is 22.7. The first-order valence-electron chi connectivity index (χ1n) is 5.73. The van der Waals surface area contributed by atoms with E-state index in [1.807, 2.05) is 0 Å². The third kappa shape index (κ3) is 4.09. The maximum Gasteiger partial charge on any atom is 0.151 e. The molecular weight excluding hydrogens is 212 g/mol. The number of hydrogen-bond donors (Lipinski definition) is 1. The van der Waals surface area contributed by atoms with Gasteiger partial charge in [-0.15, -0.1) is 0 Å². The zero-order chi connectivity index (χ0) is 11.3. The average Bonchev–Trinajstić information content (AvgIpc) is 2.53. The molecule has 15 heavy (non-hydrogen) atoms. The van der Waals surface area contributed by atoms with Crippen molar-refractivity contribution >= 4 is 9.84 Å². The zero-order valence-corrected chi connectivity index (χ0v) is 10.3.